The zero-order chi connectivity index (χ0) is 14.7. The van der Waals surface area contributed by atoms with Crippen LogP contribution in [0.25, 0.3) is 11.4 Å². The lowest BCUT2D eigenvalue weighted by Crippen LogP contribution is -2.36. The van der Waals surface area contributed by atoms with Crippen molar-refractivity contribution in [1.82, 2.24) is 15.0 Å². The molecule has 1 aliphatic rings. The molecule has 1 N–H and O–H groups in total. The average Bonchev–Trinajstić information content (AvgIpc) is 2.96. The Morgan fingerprint density at radius 3 is 2.90 bits per heavy atom. The summed E-state index contributed by atoms with van der Waals surface area (Å²) in [5.41, 5.74) is 0.735. The van der Waals surface area contributed by atoms with E-state index in [9.17, 15) is 9.50 Å². The van der Waals surface area contributed by atoms with Crippen molar-refractivity contribution in [3.8, 4) is 11.4 Å². The molecule has 0 radical (unpaired) electrons. The minimum atomic E-state index is -0.286. The minimum Gasteiger partial charge on any atom is -0.396 e. The third-order valence-electron chi connectivity index (χ3n) is 3.79. The van der Waals surface area contributed by atoms with Gasteiger partial charge in [-0.05, 0) is 49.6 Å². The number of rotatable bonds is 4. The topological polar surface area (TPSA) is 62.4 Å². The standard InChI is InChI=1S/C15H18FN3O2/c16-13-5-3-12(4-6-13)15-17-14(21-18-15)9-19-7-1-2-11(8-19)10-20/h3-6,11,20H,1-2,7-10H2. The van der Waals surface area contributed by atoms with E-state index in [0.717, 1.165) is 31.5 Å². The van der Waals surface area contributed by atoms with Crippen LogP contribution in [0.4, 0.5) is 4.39 Å². The molecule has 2 heterocycles. The zero-order valence-corrected chi connectivity index (χ0v) is 11.7. The molecular formula is C15H18FN3O2. The molecule has 1 unspecified atom stereocenters. The van der Waals surface area contributed by atoms with Crippen molar-refractivity contribution in [2.75, 3.05) is 19.7 Å². The molecule has 1 aromatic carbocycles. The molecule has 5 nitrogen and oxygen atoms in total. The van der Waals surface area contributed by atoms with E-state index in [2.05, 4.69) is 15.0 Å². The molecule has 0 bridgehead atoms. The quantitative estimate of drug-likeness (QED) is 0.934. The number of likely N-dealkylation sites (tertiary alicyclic amines) is 1. The van der Waals surface area contributed by atoms with Crippen LogP contribution in [0.2, 0.25) is 0 Å². The number of hydrogen-bond acceptors (Lipinski definition) is 5. The van der Waals surface area contributed by atoms with Gasteiger partial charge < -0.3 is 9.63 Å². The smallest absolute Gasteiger partial charge is 0.241 e. The number of halogens is 1. The van der Waals surface area contributed by atoms with Gasteiger partial charge in [0.25, 0.3) is 0 Å². The molecule has 6 heteroatoms. The third-order valence-corrected chi connectivity index (χ3v) is 3.79. The van der Waals surface area contributed by atoms with Crippen LogP contribution >= 0.6 is 0 Å². The van der Waals surface area contributed by atoms with Crippen LogP contribution in [-0.2, 0) is 6.54 Å². The van der Waals surface area contributed by atoms with E-state index in [-0.39, 0.29) is 12.4 Å². The molecular weight excluding hydrogens is 273 g/mol. The zero-order valence-electron chi connectivity index (χ0n) is 11.7. The SMILES string of the molecule is OCC1CCCN(Cc2nc(-c3ccc(F)cc3)no2)C1. The van der Waals surface area contributed by atoms with Gasteiger partial charge in [-0.15, -0.1) is 0 Å². The lowest BCUT2D eigenvalue weighted by molar-refractivity contribution is 0.107. The van der Waals surface area contributed by atoms with Crippen molar-refractivity contribution < 1.29 is 14.0 Å². The van der Waals surface area contributed by atoms with Crippen LogP contribution in [0.3, 0.4) is 0 Å². The number of hydrogen-bond donors (Lipinski definition) is 1. The van der Waals surface area contributed by atoms with Gasteiger partial charge in [-0.1, -0.05) is 5.16 Å². The van der Waals surface area contributed by atoms with E-state index in [4.69, 9.17) is 4.52 Å². The molecule has 2 aromatic rings. The summed E-state index contributed by atoms with van der Waals surface area (Å²) in [4.78, 5) is 6.57. The van der Waals surface area contributed by atoms with Gasteiger partial charge in [0.15, 0.2) is 0 Å². The van der Waals surface area contributed by atoms with Crippen LogP contribution in [-0.4, -0.2) is 39.8 Å². The number of nitrogens with zero attached hydrogens (tertiary/aromatic N) is 3. The van der Waals surface area contributed by atoms with Gasteiger partial charge in [0, 0.05) is 18.7 Å². The fourth-order valence-corrected chi connectivity index (χ4v) is 2.67. The maximum Gasteiger partial charge on any atom is 0.241 e. The number of aromatic nitrogens is 2. The predicted molar refractivity (Wildman–Crippen MR) is 74.8 cm³/mol. The van der Waals surface area contributed by atoms with E-state index >= 15 is 0 Å². The van der Waals surface area contributed by atoms with Gasteiger partial charge in [0.2, 0.25) is 11.7 Å². The summed E-state index contributed by atoms with van der Waals surface area (Å²) in [7, 11) is 0. The van der Waals surface area contributed by atoms with E-state index in [1.165, 1.54) is 12.1 Å². The fraction of sp³-hybridized carbons (Fsp3) is 0.467. The number of aliphatic hydroxyl groups is 1. The second-order valence-electron chi connectivity index (χ2n) is 5.44. The minimum absolute atomic E-state index is 0.223. The van der Waals surface area contributed by atoms with Gasteiger partial charge in [0.05, 0.1) is 6.54 Å². The maximum atomic E-state index is 12.9. The first-order valence-corrected chi connectivity index (χ1v) is 7.16. The Morgan fingerprint density at radius 2 is 2.14 bits per heavy atom. The molecule has 112 valence electrons. The first-order chi connectivity index (χ1) is 10.2. The molecule has 0 aliphatic carbocycles. The van der Waals surface area contributed by atoms with Crippen molar-refractivity contribution >= 4 is 0 Å². The third kappa shape index (κ3) is 3.46. The van der Waals surface area contributed by atoms with Gasteiger partial charge in [-0.3, -0.25) is 4.90 Å². The second kappa shape index (κ2) is 6.32. The van der Waals surface area contributed by atoms with E-state index in [1.54, 1.807) is 12.1 Å². The molecule has 3 rings (SSSR count). The maximum absolute atomic E-state index is 12.9. The summed E-state index contributed by atoms with van der Waals surface area (Å²) in [5, 5.41) is 13.2. The summed E-state index contributed by atoms with van der Waals surface area (Å²) >= 11 is 0. The number of benzene rings is 1. The van der Waals surface area contributed by atoms with Crippen molar-refractivity contribution in [3.63, 3.8) is 0 Å². The van der Waals surface area contributed by atoms with Crippen LogP contribution < -0.4 is 0 Å². The number of aliphatic hydroxyl groups excluding tert-OH is 1. The number of piperidine rings is 1. The first kappa shape index (κ1) is 14.2. The molecule has 1 saturated heterocycles. The van der Waals surface area contributed by atoms with Crippen molar-refractivity contribution in [2.24, 2.45) is 5.92 Å². The molecule has 1 aromatic heterocycles. The largest absolute Gasteiger partial charge is 0.396 e. The fourth-order valence-electron chi connectivity index (χ4n) is 2.67. The Balaban J connectivity index is 1.66. The Hall–Kier alpha value is -1.79. The first-order valence-electron chi connectivity index (χ1n) is 7.16. The monoisotopic (exact) mass is 291 g/mol. The molecule has 21 heavy (non-hydrogen) atoms. The van der Waals surface area contributed by atoms with Crippen LogP contribution in [0.1, 0.15) is 18.7 Å². The van der Waals surface area contributed by atoms with Crippen molar-refractivity contribution in [3.05, 3.63) is 36.0 Å². The molecule has 1 atom stereocenters. The molecule has 1 fully saturated rings. The highest BCUT2D eigenvalue weighted by Crippen LogP contribution is 2.20. The van der Waals surface area contributed by atoms with Gasteiger partial charge in [-0.2, -0.15) is 4.98 Å². The predicted octanol–water partition coefficient (Wildman–Crippen LogP) is 2.08. The van der Waals surface area contributed by atoms with Gasteiger partial charge in [0.1, 0.15) is 5.82 Å². The normalized spacial score (nSPS) is 19.8. The van der Waals surface area contributed by atoms with Gasteiger partial charge in [-0.25, -0.2) is 4.39 Å². The Morgan fingerprint density at radius 1 is 1.33 bits per heavy atom. The Labute approximate surface area is 122 Å². The molecule has 0 amide bonds. The van der Waals surface area contributed by atoms with E-state index in [0.29, 0.717) is 24.2 Å². The van der Waals surface area contributed by atoms with Gasteiger partial charge >= 0.3 is 0 Å². The summed E-state index contributed by atoms with van der Waals surface area (Å²) < 4.78 is 18.2. The highest BCUT2D eigenvalue weighted by molar-refractivity contribution is 5.53. The lowest BCUT2D eigenvalue weighted by atomic mass is 9.99. The molecule has 0 saturated carbocycles. The van der Waals surface area contributed by atoms with Crippen molar-refractivity contribution in [1.29, 1.82) is 0 Å². The van der Waals surface area contributed by atoms with Crippen LogP contribution in [0.5, 0.6) is 0 Å². The van der Waals surface area contributed by atoms with E-state index < -0.39 is 0 Å². The van der Waals surface area contributed by atoms with Crippen molar-refractivity contribution in [2.45, 2.75) is 19.4 Å². The summed E-state index contributed by atoms with van der Waals surface area (Å²) in [6, 6.07) is 6.02. The highest BCUT2D eigenvalue weighted by Gasteiger charge is 2.21. The Bertz CT molecular complexity index is 585. The summed E-state index contributed by atoms with van der Waals surface area (Å²) in [5.74, 6) is 1.07. The second-order valence-corrected chi connectivity index (χ2v) is 5.44. The van der Waals surface area contributed by atoms with Crippen LogP contribution in [0.15, 0.2) is 28.8 Å². The summed E-state index contributed by atoms with van der Waals surface area (Å²) in [6.07, 6.45) is 2.14. The lowest BCUT2D eigenvalue weighted by Gasteiger charge is -2.30. The molecule has 1 aliphatic heterocycles. The Kier molecular flexibility index (Phi) is 4.26. The van der Waals surface area contributed by atoms with E-state index in [1.807, 2.05) is 0 Å². The van der Waals surface area contributed by atoms with Crippen LogP contribution in [0, 0.1) is 11.7 Å². The summed E-state index contributed by atoms with van der Waals surface area (Å²) in [6.45, 7) is 2.64. The molecule has 0 spiro atoms. The average molecular weight is 291 g/mol. The highest BCUT2D eigenvalue weighted by atomic mass is 19.1.